The van der Waals surface area contributed by atoms with Crippen molar-refractivity contribution < 1.29 is 4.39 Å². The van der Waals surface area contributed by atoms with Crippen LogP contribution in [0, 0.1) is 5.82 Å². The molecule has 0 fully saturated rings. The van der Waals surface area contributed by atoms with Crippen LogP contribution < -0.4 is 10.6 Å². The standard InChI is InChI=1S/C9H10FN5/c1-11-8-13-9(15-14-8)12-7-4-2-6(10)3-5-7/h2-5H,1H3,(H3,11,12,13,14,15). The van der Waals surface area contributed by atoms with Crippen LogP contribution >= 0.6 is 0 Å². The molecule has 0 aliphatic carbocycles. The molecule has 5 nitrogen and oxygen atoms in total. The Morgan fingerprint density at radius 3 is 2.60 bits per heavy atom. The summed E-state index contributed by atoms with van der Waals surface area (Å²) in [6, 6.07) is 5.99. The van der Waals surface area contributed by atoms with E-state index in [-0.39, 0.29) is 5.82 Å². The topological polar surface area (TPSA) is 65.6 Å². The highest BCUT2D eigenvalue weighted by molar-refractivity contribution is 5.53. The monoisotopic (exact) mass is 207 g/mol. The summed E-state index contributed by atoms with van der Waals surface area (Å²) in [5, 5.41) is 12.3. The summed E-state index contributed by atoms with van der Waals surface area (Å²) in [6.45, 7) is 0. The minimum Gasteiger partial charge on any atom is -0.356 e. The molecule has 78 valence electrons. The Morgan fingerprint density at radius 1 is 1.27 bits per heavy atom. The van der Waals surface area contributed by atoms with Gasteiger partial charge < -0.3 is 10.6 Å². The molecular formula is C9H10FN5. The molecule has 1 heterocycles. The van der Waals surface area contributed by atoms with E-state index in [0.717, 1.165) is 5.69 Å². The molecule has 3 N–H and O–H groups in total. The summed E-state index contributed by atoms with van der Waals surface area (Å²) < 4.78 is 12.6. The van der Waals surface area contributed by atoms with Gasteiger partial charge in [0.2, 0.25) is 11.9 Å². The van der Waals surface area contributed by atoms with Gasteiger partial charge in [-0.15, -0.1) is 5.10 Å². The number of rotatable bonds is 3. The van der Waals surface area contributed by atoms with Crippen LogP contribution in [0.5, 0.6) is 0 Å². The lowest BCUT2D eigenvalue weighted by Gasteiger charge is -2.00. The van der Waals surface area contributed by atoms with E-state index in [4.69, 9.17) is 0 Å². The molecule has 0 bridgehead atoms. The number of hydrogen-bond donors (Lipinski definition) is 3. The zero-order chi connectivity index (χ0) is 10.7. The lowest BCUT2D eigenvalue weighted by atomic mass is 10.3. The van der Waals surface area contributed by atoms with Gasteiger partial charge in [0.05, 0.1) is 0 Å². The maximum Gasteiger partial charge on any atom is 0.243 e. The first-order valence-corrected chi connectivity index (χ1v) is 4.40. The van der Waals surface area contributed by atoms with E-state index in [0.29, 0.717) is 11.9 Å². The molecule has 2 rings (SSSR count). The number of aromatic nitrogens is 3. The maximum atomic E-state index is 12.6. The average Bonchev–Trinajstić information content (AvgIpc) is 2.69. The van der Waals surface area contributed by atoms with E-state index in [1.807, 2.05) is 0 Å². The molecule has 6 heteroatoms. The molecule has 15 heavy (non-hydrogen) atoms. The third kappa shape index (κ3) is 2.22. The first-order chi connectivity index (χ1) is 7.28. The van der Waals surface area contributed by atoms with Crippen molar-refractivity contribution in [2.45, 2.75) is 0 Å². The maximum absolute atomic E-state index is 12.6. The second-order valence-corrected chi connectivity index (χ2v) is 2.89. The predicted molar refractivity (Wildman–Crippen MR) is 55.6 cm³/mol. The third-order valence-electron chi connectivity index (χ3n) is 1.82. The summed E-state index contributed by atoms with van der Waals surface area (Å²) >= 11 is 0. The van der Waals surface area contributed by atoms with Crippen LogP contribution in [-0.4, -0.2) is 22.2 Å². The van der Waals surface area contributed by atoms with Crippen molar-refractivity contribution in [1.82, 2.24) is 15.2 Å². The van der Waals surface area contributed by atoms with Crippen molar-refractivity contribution in [2.24, 2.45) is 0 Å². The zero-order valence-corrected chi connectivity index (χ0v) is 8.08. The number of aromatic amines is 1. The van der Waals surface area contributed by atoms with Crippen LogP contribution in [0.1, 0.15) is 0 Å². The third-order valence-corrected chi connectivity index (χ3v) is 1.82. The number of anilines is 3. The quantitative estimate of drug-likeness (QED) is 0.717. The van der Waals surface area contributed by atoms with Gasteiger partial charge in [-0.25, -0.2) is 9.49 Å². The Labute approximate surface area is 85.7 Å². The number of H-pyrrole nitrogens is 1. The first kappa shape index (κ1) is 9.45. The van der Waals surface area contributed by atoms with Gasteiger partial charge in [-0.2, -0.15) is 4.98 Å². The summed E-state index contributed by atoms with van der Waals surface area (Å²) in [6.07, 6.45) is 0. The van der Waals surface area contributed by atoms with E-state index >= 15 is 0 Å². The van der Waals surface area contributed by atoms with Crippen LogP contribution in [0.3, 0.4) is 0 Å². The minimum atomic E-state index is -0.269. The number of halogens is 1. The Bertz CT molecular complexity index is 436. The van der Waals surface area contributed by atoms with Gasteiger partial charge >= 0.3 is 0 Å². The van der Waals surface area contributed by atoms with Crippen LogP contribution in [-0.2, 0) is 0 Å². The van der Waals surface area contributed by atoms with E-state index < -0.39 is 0 Å². The molecule has 0 saturated heterocycles. The Kier molecular flexibility index (Phi) is 2.49. The van der Waals surface area contributed by atoms with Crippen molar-refractivity contribution in [3.05, 3.63) is 30.1 Å². The fourth-order valence-corrected chi connectivity index (χ4v) is 1.10. The first-order valence-electron chi connectivity index (χ1n) is 4.40. The summed E-state index contributed by atoms with van der Waals surface area (Å²) in [7, 11) is 1.73. The second-order valence-electron chi connectivity index (χ2n) is 2.89. The molecule has 0 unspecified atom stereocenters. The molecule has 0 spiro atoms. The van der Waals surface area contributed by atoms with Gasteiger partial charge in [-0.3, -0.25) is 0 Å². The van der Waals surface area contributed by atoms with Crippen molar-refractivity contribution in [1.29, 1.82) is 0 Å². The number of nitrogens with zero attached hydrogens (tertiary/aromatic N) is 2. The zero-order valence-electron chi connectivity index (χ0n) is 8.08. The molecule has 1 aromatic heterocycles. The molecule has 0 atom stereocenters. The Balaban J connectivity index is 2.11. The predicted octanol–water partition coefficient (Wildman–Crippen LogP) is 1.73. The van der Waals surface area contributed by atoms with Gasteiger partial charge in [0.25, 0.3) is 0 Å². The van der Waals surface area contributed by atoms with Gasteiger partial charge in [-0.1, -0.05) is 0 Å². The van der Waals surface area contributed by atoms with Crippen molar-refractivity contribution in [3.8, 4) is 0 Å². The van der Waals surface area contributed by atoms with Gasteiger partial charge in [0.15, 0.2) is 0 Å². The lowest BCUT2D eigenvalue weighted by Crippen LogP contribution is -1.93. The van der Waals surface area contributed by atoms with E-state index in [1.165, 1.54) is 12.1 Å². The van der Waals surface area contributed by atoms with E-state index in [2.05, 4.69) is 25.8 Å². The van der Waals surface area contributed by atoms with Gasteiger partial charge in [0, 0.05) is 12.7 Å². The highest BCUT2D eigenvalue weighted by atomic mass is 19.1. The Morgan fingerprint density at radius 2 is 2.00 bits per heavy atom. The highest BCUT2D eigenvalue weighted by Crippen LogP contribution is 2.13. The summed E-state index contributed by atoms with van der Waals surface area (Å²) in [5.41, 5.74) is 0.746. The normalized spacial score (nSPS) is 10.0. The van der Waals surface area contributed by atoms with Crippen molar-refractivity contribution in [3.63, 3.8) is 0 Å². The molecule has 0 radical (unpaired) electrons. The summed E-state index contributed by atoms with van der Waals surface area (Å²) in [4.78, 5) is 4.06. The van der Waals surface area contributed by atoms with E-state index in [9.17, 15) is 4.39 Å². The SMILES string of the molecule is CNc1n[nH]c(Nc2ccc(F)cc2)n1. The fourth-order valence-electron chi connectivity index (χ4n) is 1.10. The van der Waals surface area contributed by atoms with Crippen LogP contribution in [0.15, 0.2) is 24.3 Å². The minimum absolute atomic E-state index is 0.269. The molecular weight excluding hydrogens is 197 g/mol. The van der Waals surface area contributed by atoms with Crippen LogP contribution in [0.25, 0.3) is 0 Å². The van der Waals surface area contributed by atoms with Gasteiger partial charge in [-0.05, 0) is 24.3 Å². The second kappa shape index (κ2) is 3.95. The van der Waals surface area contributed by atoms with E-state index in [1.54, 1.807) is 19.2 Å². The number of nitrogens with one attached hydrogen (secondary N) is 3. The van der Waals surface area contributed by atoms with Crippen molar-refractivity contribution in [2.75, 3.05) is 17.7 Å². The average molecular weight is 207 g/mol. The molecule has 0 saturated carbocycles. The molecule has 1 aromatic carbocycles. The molecule has 0 aliphatic rings. The van der Waals surface area contributed by atoms with Crippen LogP contribution in [0.4, 0.5) is 22.0 Å². The smallest absolute Gasteiger partial charge is 0.243 e. The van der Waals surface area contributed by atoms with Gasteiger partial charge in [0.1, 0.15) is 5.82 Å². The molecule has 0 aliphatic heterocycles. The largest absolute Gasteiger partial charge is 0.356 e. The fraction of sp³-hybridized carbons (Fsp3) is 0.111. The van der Waals surface area contributed by atoms with Crippen molar-refractivity contribution >= 4 is 17.6 Å². The molecule has 2 aromatic rings. The molecule has 0 amide bonds. The number of benzene rings is 1. The van der Waals surface area contributed by atoms with Crippen LogP contribution in [0.2, 0.25) is 0 Å². The lowest BCUT2D eigenvalue weighted by molar-refractivity contribution is 0.628. The number of hydrogen-bond acceptors (Lipinski definition) is 4. The highest BCUT2D eigenvalue weighted by Gasteiger charge is 2.00. The summed E-state index contributed by atoms with van der Waals surface area (Å²) in [5.74, 6) is 0.736. The Hall–Kier alpha value is -2.11.